The quantitative estimate of drug-likeness (QED) is 0.383. The largest absolute Gasteiger partial charge is 0.464 e. The molecule has 0 bridgehead atoms. The van der Waals surface area contributed by atoms with Gasteiger partial charge in [0.25, 0.3) is 0 Å². The molecular formula is C12H22O3. The van der Waals surface area contributed by atoms with Crippen molar-refractivity contribution in [3.63, 3.8) is 0 Å². The average Bonchev–Trinajstić information content (AvgIpc) is 2.26. The summed E-state index contributed by atoms with van der Waals surface area (Å²) in [6, 6.07) is 0. The first-order valence-corrected chi connectivity index (χ1v) is 5.72. The number of allylic oxidation sites excluding steroid dienone is 2. The Morgan fingerprint density at radius 1 is 1.33 bits per heavy atom. The Morgan fingerprint density at radius 3 is 2.67 bits per heavy atom. The Labute approximate surface area is 92.1 Å². The molecule has 3 heteroatoms. The molecule has 0 saturated heterocycles. The summed E-state index contributed by atoms with van der Waals surface area (Å²) >= 11 is 0. The number of aliphatic hydroxyl groups excluding tert-OH is 1. The Balaban J connectivity index is 3.31. The van der Waals surface area contributed by atoms with Gasteiger partial charge in [0.05, 0.1) is 6.61 Å². The van der Waals surface area contributed by atoms with E-state index in [0.29, 0.717) is 13.0 Å². The highest BCUT2D eigenvalue weighted by molar-refractivity contribution is 5.74. The van der Waals surface area contributed by atoms with Gasteiger partial charge in [-0.1, -0.05) is 26.0 Å². The third-order valence-electron chi connectivity index (χ3n) is 2.07. The van der Waals surface area contributed by atoms with Gasteiger partial charge in [0, 0.05) is 0 Å². The van der Waals surface area contributed by atoms with Gasteiger partial charge in [-0.2, -0.15) is 0 Å². The molecule has 0 aliphatic heterocycles. The van der Waals surface area contributed by atoms with Gasteiger partial charge >= 0.3 is 5.97 Å². The highest BCUT2D eigenvalue weighted by Gasteiger charge is 2.12. The van der Waals surface area contributed by atoms with Gasteiger partial charge < -0.3 is 9.84 Å². The Bertz CT molecular complexity index is 187. The number of carbonyl (C=O) groups is 1. The molecule has 0 spiro atoms. The van der Waals surface area contributed by atoms with Crippen molar-refractivity contribution in [3.8, 4) is 0 Å². The number of unbranched alkanes of at least 4 members (excludes halogenated alkanes) is 2. The lowest BCUT2D eigenvalue weighted by Crippen LogP contribution is -2.22. The molecule has 0 rings (SSSR count). The summed E-state index contributed by atoms with van der Waals surface area (Å²) in [5, 5.41) is 9.11. The average molecular weight is 214 g/mol. The zero-order valence-corrected chi connectivity index (χ0v) is 9.74. The van der Waals surface area contributed by atoms with Crippen LogP contribution in [0.4, 0.5) is 0 Å². The van der Waals surface area contributed by atoms with Crippen molar-refractivity contribution in [1.29, 1.82) is 0 Å². The van der Waals surface area contributed by atoms with E-state index < -0.39 is 12.1 Å². The minimum Gasteiger partial charge on any atom is -0.464 e. The van der Waals surface area contributed by atoms with Crippen molar-refractivity contribution >= 4 is 5.97 Å². The molecule has 1 N–H and O–H groups in total. The van der Waals surface area contributed by atoms with E-state index in [1.54, 1.807) is 6.92 Å². The highest BCUT2D eigenvalue weighted by atomic mass is 16.5. The minimum absolute atomic E-state index is 0.413. The van der Waals surface area contributed by atoms with Crippen molar-refractivity contribution in [3.05, 3.63) is 12.2 Å². The van der Waals surface area contributed by atoms with Crippen LogP contribution in [0.25, 0.3) is 0 Å². The predicted molar refractivity (Wildman–Crippen MR) is 60.5 cm³/mol. The lowest BCUT2D eigenvalue weighted by atomic mass is 10.2. The third kappa shape index (κ3) is 8.18. The summed E-state index contributed by atoms with van der Waals surface area (Å²) < 4.78 is 4.89. The molecule has 0 aliphatic rings. The molecule has 0 aromatic carbocycles. The monoisotopic (exact) mass is 214 g/mol. The summed E-state index contributed by atoms with van der Waals surface area (Å²) in [4.78, 5) is 11.0. The molecule has 0 radical (unpaired) electrons. The number of carbonyl (C=O) groups excluding carboxylic acids is 1. The fourth-order valence-corrected chi connectivity index (χ4v) is 1.08. The Morgan fingerprint density at radius 2 is 2.07 bits per heavy atom. The first kappa shape index (κ1) is 14.2. The lowest BCUT2D eigenvalue weighted by molar-refractivity contribution is -0.153. The molecule has 15 heavy (non-hydrogen) atoms. The van der Waals surface area contributed by atoms with Gasteiger partial charge in [0.1, 0.15) is 0 Å². The molecule has 3 nitrogen and oxygen atoms in total. The van der Waals surface area contributed by atoms with Gasteiger partial charge in [-0.15, -0.1) is 0 Å². The molecule has 0 aromatic rings. The van der Waals surface area contributed by atoms with E-state index in [0.717, 1.165) is 25.7 Å². The van der Waals surface area contributed by atoms with Gasteiger partial charge in [-0.05, 0) is 32.1 Å². The SMILES string of the molecule is CC/C=C/CCCCOC(=O)C(O)CC. The predicted octanol–water partition coefficient (Wildman–Crippen LogP) is 2.44. The van der Waals surface area contributed by atoms with Crippen molar-refractivity contribution in [1.82, 2.24) is 0 Å². The van der Waals surface area contributed by atoms with Crippen LogP contribution in [0.2, 0.25) is 0 Å². The number of rotatable bonds is 8. The normalized spacial score (nSPS) is 13.0. The number of ether oxygens (including phenoxy) is 1. The summed E-state index contributed by atoms with van der Waals surface area (Å²) in [5.41, 5.74) is 0. The zero-order chi connectivity index (χ0) is 11.5. The standard InChI is InChI=1S/C12H22O3/c1-3-5-6-7-8-9-10-15-12(14)11(13)4-2/h5-6,11,13H,3-4,7-10H2,1-2H3/b6-5+. The van der Waals surface area contributed by atoms with E-state index in [-0.39, 0.29) is 0 Å². The lowest BCUT2D eigenvalue weighted by Gasteiger charge is -2.07. The number of esters is 1. The summed E-state index contributed by atoms with van der Waals surface area (Å²) in [5.74, 6) is -0.499. The summed E-state index contributed by atoms with van der Waals surface area (Å²) in [6.45, 7) is 4.27. The van der Waals surface area contributed by atoms with Crippen molar-refractivity contribution < 1.29 is 14.6 Å². The van der Waals surface area contributed by atoms with E-state index in [1.165, 1.54) is 0 Å². The maximum Gasteiger partial charge on any atom is 0.334 e. The number of hydrogen-bond donors (Lipinski definition) is 1. The molecule has 0 heterocycles. The zero-order valence-electron chi connectivity index (χ0n) is 9.74. The molecule has 0 saturated carbocycles. The van der Waals surface area contributed by atoms with Crippen molar-refractivity contribution in [2.45, 2.75) is 52.1 Å². The van der Waals surface area contributed by atoms with Gasteiger partial charge in [0.15, 0.2) is 6.10 Å². The van der Waals surface area contributed by atoms with Crippen molar-refractivity contribution in [2.75, 3.05) is 6.61 Å². The fraction of sp³-hybridized carbons (Fsp3) is 0.750. The van der Waals surface area contributed by atoms with Gasteiger partial charge in [0.2, 0.25) is 0 Å². The van der Waals surface area contributed by atoms with Crippen LogP contribution in [0.1, 0.15) is 46.0 Å². The van der Waals surface area contributed by atoms with Crippen LogP contribution in [0, 0.1) is 0 Å². The van der Waals surface area contributed by atoms with Crippen LogP contribution in [0.3, 0.4) is 0 Å². The molecule has 0 amide bonds. The minimum atomic E-state index is -0.954. The van der Waals surface area contributed by atoms with E-state index >= 15 is 0 Å². The van der Waals surface area contributed by atoms with E-state index in [2.05, 4.69) is 19.1 Å². The smallest absolute Gasteiger partial charge is 0.334 e. The molecule has 1 atom stereocenters. The van der Waals surface area contributed by atoms with Crippen LogP contribution in [0.5, 0.6) is 0 Å². The Hall–Kier alpha value is -0.830. The number of hydrogen-bond acceptors (Lipinski definition) is 3. The van der Waals surface area contributed by atoms with Gasteiger partial charge in [-0.25, -0.2) is 4.79 Å². The second-order valence-corrected chi connectivity index (χ2v) is 3.47. The van der Waals surface area contributed by atoms with Crippen LogP contribution >= 0.6 is 0 Å². The second kappa shape index (κ2) is 9.71. The van der Waals surface area contributed by atoms with E-state index in [1.807, 2.05) is 0 Å². The van der Waals surface area contributed by atoms with Crippen LogP contribution in [-0.2, 0) is 9.53 Å². The maximum atomic E-state index is 11.0. The van der Waals surface area contributed by atoms with Crippen LogP contribution in [0.15, 0.2) is 12.2 Å². The van der Waals surface area contributed by atoms with E-state index in [9.17, 15) is 4.79 Å². The number of aliphatic hydroxyl groups is 1. The van der Waals surface area contributed by atoms with Gasteiger partial charge in [-0.3, -0.25) is 0 Å². The maximum absolute atomic E-state index is 11.0. The second-order valence-electron chi connectivity index (χ2n) is 3.47. The Kier molecular flexibility index (Phi) is 9.18. The van der Waals surface area contributed by atoms with Crippen LogP contribution < -0.4 is 0 Å². The molecule has 0 aliphatic carbocycles. The topological polar surface area (TPSA) is 46.5 Å². The van der Waals surface area contributed by atoms with Crippen LogP contribution in [-0.4, -0.2) is 23.8 Å². The third-order valence-corrected chi connectivity index (χ3v) is 2.07. The molecular weight excluding hydrogens is 192 g/mol. The first-order valence-electron chi connectivity index (χ1n) is 5.72. The molecule has 1 unspecified atom stereocenters. The fourth-order valence-electron chi connectivity index (χ4n) is 1.08. The summed E-state index contributed by atoms with van der Waals surface area (Å²) in [6.07, 6.45) is 7.71. The first-order chi connectivity index (χ1) is 7.22. The van der Waals surface area contributed by atoms with E-state index in [4.69, 9.17) is 9.84 Å². The highest BCUT2D eigenvalue weighted by Crippen LogP contribution is 2.00. The van der Waals surface area contributed by atoms with Crippen molar-refractivity contribution in [2.24, 2.45) is 0 Å². The molecule has 88 valence electrons. The summed E-state index contributed by atoms with van der Waals surface area (Å²) in [7, 11) is 0. The molecule has 0 aromatic heterocycles. The molecule has 0 fully saturated rings.